The number of nitrogens with zero attached hydrogens (tertiary/aromatic N) is 3. The van der Waals surface area contributed by atoms with Gasteiger partial charge in [-0.05, 0) is 45.4 Å². The van der Waals surface area contributed by atoms with Crippen molar-refractivity contribution in [2.75, 3.05) is 7.11 Å². The third-order valence-corrected chi connectivity index (χ3v) is 14.2. The van der Waals surface area contributed by atoms with Crippen molar-refractivity contribution < 1.29 is 27.1 Å². The number of carbonyl (C=O) groups is 1. The number of pyridine rings is 1. The van der Waals surface area contributed by atoms with Crippen molar-refractivity contribution in [2.24, 2.45) is 0 Å². The molecule has 0 amide bonds. The number of para-hydroxylation sites is 2. The summed E-state index contributed by atoms with van der Waals surface area (Å²) in [5.41, 5.74) is 0.523. The molecule has 0 saturated heterocycles. The number of hydrogen-bond acceptors (Lipinski definition) is 6. The number of carbonyl (C=O) groups excluding carboxylic acids is 1. The molecule has 240 valence electrons. The Morgan fingerprint density at radius 3 is 2.09 bits per heavy atom. The van der Waals surface area contributed by atoms with Gasteiger partial charge in [0.15, 0.2) is 5.16 Å². The Kier molecular flexibility index (Phi) is 9.97. The number of aryl methyl sites for hydroxylation is 1. The lowest BCUT2D eigenvalue weighted by Crippen LogP contribution is -2.68. The van der Waals surface area contributed by atoms with Gasteiger partial charge in [-0.3, -0.25) is 0 Å². The lowest BCUT2D eigenvalue weighted by atomic mass is 10.2. The highest BCUT2D eigenvalue weighted by Crippen LogP contribution is 2.39. The van der Waals surface area contributed by atoms with Crippen LogP contribution in [0.5, 0.6) is 0 Å². The Morgan fingerprint density at radius 1 is 0.957 bits per heavy atom. The molecule has 0 bridgehead atoms. The molecule has 0 aliphatic rings. The summed E-state index contributed by atoms with van der Waals surface area (Å²) in [5.74, 6) is -0.501. The first-order chi connectivity index (χ1) is 21.8. The average Bonchev–Trinajstić information content (AvgIpc) is 3.38. The molecular formula is C34H33ClF3N3O3SSi. The molecule has 5 aromatic rings. The lowest BCUT2D eigenvalue weighted by Gasteiger charge is -2.44. The fourth-order valence-corrected chi connectivity index (χ4v) is 11.4. The Balaban J connectivity index is 1.54. The van der Waals surface area contributed by atoms with Crippen molar-refractivity contribution in [1.29, 1.82) is 0 Å². The molecule has 2 heterocycles. The standard InChI is InChI=1S/C34H33ClF3N3O3SSi/c1-33(2,3)46(24-13-7-5-8-14-24,25-15-9-6-10-16-25)44-29(31(42)43-4)19-20-41-28-18-12-11-17-27(28)40-32(41)45-30-26(35)21-23(22-39-30)34(36,37)38/h5-18,21-22,29H,19-20H2,1-4H3/t29-/m0/s1. The van der Waals surface area contributed by atoms with Crippen LogP contribution in [-0.2, 0) is 26.7 Å². The molecule has 0 aliphatic carbocycles. The van der Waals surface area contributed by atoms with Crippen molar-refractivity contribution in [3.63, 3.8) is 0 Å². The summed E-state index contributed by atoms with van der Waals surface area (Å²) >= 11 is 7.32. The molecule has 0 unspecified atom stereocenters. The van der Waals surface area contributed by atoms with Crippen LogP contribution in [0.15, 0.2) is 107 Å². The van der Waals surface area contributed by atoms with Crippen molar-refractivity contribution in [3.05, 3.63) is 108 Å². The molecule has 0 saturated carbocycles. The second-order valence-corrected chi connectivity index (χ2v) is 17.3. The van der Waals surface area contributed by atoms with Crippen molar-refractivity contribution >= 4 is 59.1 Å². The molecule has 1 atom stereocenters. The maximum absolute atomic E-state index is 13.5. The minimum Gasteiger partial charge on any atom is -0.467 e. The van der Waals surface area contributed by atoms with Crippen molar-refractivity contribution in [1.82, 2.24) is 14.5 Å². The SMILES string of the molecule is COC(=O)[C@H](CCn1c(Sc2ncc(C(F)(F)F)cc2Cl)nc2ccccc21)O[Si](c1ccccc1)(c1ccccc1)C(C)(C)C. The van der Waals surface area contributed by atoms with E-state index in [1.807, 2.05) is 65.2 Å². The maximum Gasteiger partial charge on any atom is 0.417 e. The van der Waals surface area contributed by atoms with Crippen LogP contribution in [0, 0.1) is 0 Å². The number of hydrogen-bond donors (Lipinski definition) is 0. The summed E-state index contributed by atoms with van der Waals surface area (Å²) < 4.78 is 54.1. The van der Waals surface area contributed by atoms with E-state index in [9.17, 15) is 18.0 Å². The molecule has 5 rings (SSSR count). The highest BCUT2D eigenvalue weighted by atomic mass is 35.5. The topological polar surface area (TPSA) is 66.2 Å². The Morgan fingerprint density at radius 2 is 1.54 bits per heavy atom. The molecule has 0 aliphatic heterocycles. The molecule has 0 N–H and O–H groups in total. The number of esters is 1. The van der Waals surface area contributed by atoms with Crippen LogP contribution in [0.4, 0.5) is 13.2 Å². The van der Waals surface area contributed by atoms with Crippen LogP contribution in [0.25, 0.3) is 11.0 Å². The van der Waals surface area contributed by atoms with Crippen LogP contribution in [0.2, 0.25) is 10.1 Å². The number of benzene rings is 3. The predicted octanol–water partition coefficient (Wildman–Crippen LogP) is 7.76. The van der Waals surface area contributed by atoms with Gasteiger partial charge in [-0.25, -0.2) is 14.8 Å². The van der Waals surface area contributed by atoms with Crippen LogP contribution < -0.4 is 10.4 Å². The molecule has 3 aromatic carbocycles. The fourth-order valence-electron chi connectivity index (χ4n) is 5.60. The van der Waals surface area contributed by atoms with Crippen LogP contribution in [0.3, 0.4) is 0 Å². The minimum absolute atomic E-state index is 0.138. The van der Waals surface area contributed by atoms with E-state index < -0.39 is 32.1 Å². The zero-order chi connectivity index (χ0) is 33.1. The smallest absolute Gasteiger partial charge is 0.417 e. The second-order valence-electron chi connectivity index (χ2n) is 11.7. The van der Waals surface area contributed by atoms with Gasteiger partial charge in [0.05, 0.1) is 28.7 Å². The maximum atomic E-state index is 13.5. The van der Waals surface area contributed by atoms with Crippen LogP contribution in [-0.4, -0.2) is 42.0 Å². The number of halogens is 4. The molecule has 6 nitrogen and oxygen atoms in total. The number of rotatable bonds is 10. The van der Waals surface area contributed by atoms with Gasteiger partial charge >= 0.3 is 12.1 Å². The van der Waals surface area contributed by atoms with E-state index >= 15 is 0 Å². The Bertz CT molecular complexity index is 1780. The van der Waals surface area contributed by atoms with Crippen LogP contribution in [0.1, 0.15) is 32.8 Å². The number of alkyl halides is 3. The summed E-state index contributed by atoms with van der Waals surface area (Å²) in [7, 11) is -1.78. The first-order valence-corrected chi connectivity index (χ1v) is 17.7. The van der Waals surface area contributed by atoms with Gasteiger partial charge in [0, 0.05) is 19.2 Å². The molecule has 12 heteroatoms. The van der Waals surface area contributed by atoms with Gasteiger partial charge < -0.3 is 13.7 Å². The van der Waals surface area contributed by atoms with Crippen molar-refractivity contribution in [2.45, 2.75) is 61.2 Å². The summed E-state index contributed by atoms with van der Waals surface area (Å²) in [6, 6.07) is 28.3. The van der Waals surface area contributed by atoms with E-state index in [1.165, 1.54) is 7.11 Å². The molecule has 0 fully saturated rings. The predicted molar refractivity (Wildman–Crippen MR) is 177 cm³/mol. The molecule has 46 heavy (non-hydrogen) atoms. The van der Waals surface area contributed by atoms with Crippen molar-refractivity contribution in [3.8, 4) is 0 Å². The minimum atomic E-state index is -4.57. The normalized spacial score (nSPS) is 13.1. The van der Waals surface area contributed by atoms with Gasteiger partial charge in [-0.2, -0.15) is 13.2 Å². The van der Waals surface area contributed by atoms with E-state index in [0.717, 1.165) is 39.9 Å². The Labute approximate surface area is 276 Å². The highest BCUT2D eigenvalue weighted by molar-refractivity contribution is 7.99. The molecule has 0 radical (unpaired) electrons. The number of fused-ring (bicyclic) bond motifs is 1. The van der Waals surface area contributed by atoms with E-state index in [2.05, 4.69) is 50.0 Å². The van der Waals surface area contributed by atoms with E-state index in [-0.39, 0.29) is 21.5 Å². The Hall–Kier alpha value is -3.64. The number of imidazole rings is 1. The molecular weight excluding hydrogens is 651 g/mol. The van der Waals surface area contributed by atoms with Gasteiger partial charge in [-0.1, -0.05) is 105 Å². The number of aromatic nitrogens is 3. The van der Waals surface area contributed by atoms with Gasteiger partial charge in [0.2, 0.25) is 0 Å². The van der Waals surface area contributed by atoms with Gasteiger partial charge in [0.1, 0.15) is 11.1 Å². The second kappa shape index (κ2) is 13.6. The summed E-state index contributed by atoms with van der Waals surface area (Å²) in [6.07, 6.45) is -4.52. The van der Waals surface area contributed by atoms with Crippen LogP contribution >= 0.6 is 23.4 Å². The van der Waals surface area contributed by atoms with E-state index in [4.69, 9.17) is 25.7 Å². The molecule has 0 spiro atoms. The quantitative estimate of drug-likeness (QED) is 0.111. The number of ether oxygens (including phenoxy) is 1. The van der Waals surface area contributed by atoms with Gasteiger partial charge in [-0.15, -0.1) is 0 Å². The zero-order valence-corrected chi connectivity index (χ0v) is 28.3. The largest absolute Gasteiger partial charge is 0.467 e. The highest BCUT2D eigenvalue weighted by Gasteiger charge is 2.52. The molecule has 2 aromatic heterocycles. The third kappa shape index (κ3) is 6.87. The zero-order valence-electron chi connectivity index (χ0n) is 25.7. The summed E-state index contributed by atoms with van der Waals surface area (Å²) in [4.78, 5) is 22.2. The monoisotopic (exact) mass is 683 g/mol. The first kappa shape index (κ1) is 33.7. The van der Waals surface area contributed by atoms with E-state index in [1.54, 1.807) is 0 Å². The van der Waals surface area contributed by atoms with Gasteiger partial charge in [0.25, 0.3) is 8.32 Å². The third-order valence-electron chi connectivity index (χ3n) is 7.76. The summed E-state index contributed by atoms with van der Waals surface area (Å²) in [6.45, 7) is 6.69. The lowest BCUT2D eigenvalue weighted by molar-refractivity contribution is -0.149. The summed E-state index contributed by atoms with van der Waals surface area (Å²) in [5, 5.41) is 2.17. The average molecular weight is 684 g/mol. The van der Waals surface area contributed by atoms with E-state index in [0.29, 0.717) is 17.2 Å². The fraction of sp³-hybridized carbons (Fsp3) is 0.265. The first-order valence-electron chi connectivity index (χ1n) is 14.6. The number of methoxy groups -OCH3 is 1.